The number of benzene rings is 1. The molecule has 0 spiro atoms. The fraction of sp³-hybridized carbons (Fsp3) is 0.316. The minimum atomic E-state index is -0.379. The van der Waals surface area contributed by atoms with Gasteiger partial charge in [-0.1, -0.05) is 31.2 Å². The van der Waals surface area contributed by atoms with Gasteiger partial charge in [0.2, 0.25) is 0 Å². The fourth-order valence-corrected chi connectivity index (χ4v) is 3.45. The number of nitrogen functional groups attached to an aromatic ring is 1. The number of esters is 1. The quantitative estimate of drug-likeness (QED) is 0.562. The van der Waals surface area contributed by atoms with Crippen molar-refractivity contribution < 1.29 is 9.53 Å². The number of aryl methyl sites for hydroxylation is 1. The number of nitrogens with two attached hydrogens (primary N) is 1. The highest BCUT2D eigenvalue weighted by Crippen LogP contribution is 2.43. The number of nitrogens with one attached hydrogen (secondary N) is 2. The number of carbonyl (C=O) groups excluding carboxylic acids is 1. The lowest BCUT2D eigenvalue weighted by Crippen LogP contribution is -2.26. The first kappa shape index (κ1) is 18.1. The summed E-state index contributed by atoms with van der Waals surface area (Å²) in [4.78, 5) is 19.9. The van der Waals surface area contributed by atoms with E-state index in [9.17, 15) is 4.79 Å². The van der Waals surface area contributed by atoms with Crippen molar-refractivity contribution in [2.24, 2.45) is 0 Å². The van der Waals surface area contributed by atoms with Crippen LogP contribution in [-0.4, -0.2) is 22.5 Å². The highest BCUT2D eigenvalue weighted by molar-refractivity contribution is 7.71. The Labute approximate surface area is 157 Å². The number of allylic oxidation sites excluding steroid dienone is 1. The van der Waals surface area contributed by atoms with E-state index in [4.69, 9.17) is 22.7 Å². The Morgan fingerprint density at radius 2 is 2.00 bits per heavy atom. The minimum absolute atomic E-state index is 0.293. The molecule has 1 aliphatic rings. The van der Waals surface area contributed by atoms with E-state index in [0.717, 1.165) is 12.0 Å². The lowest BCUT2D eigenvalue weighted by atomic mass is 9.81. The van der Waals surface area contributed by atoms with Crippen LogP contribution in [0.3, 0.4) is 0 Å². The van der Waals surface area contributed by atoms with E-state index in [-0.39, 0.29) is 11.9 Å². The number of carbonyl (C=O) groups is 1. The highest BCUT2D eigenvalue weighted by atomic mass is 32.1. The molecule has 1 unspecified atom stereocenters. The molecule has 4 N–H and O–H groups in total. The van der Waals surface area contributed by atoms with Gasteiger partial charge in [0.25, 0.3) is 0 Å². The van der Waals surface area contributed by atoms with Gasteiger partial charge in [0, 0.05) is 11.3 Å². The number of fused-ring (bicyclic) bond motifs is 1. The van der Waals surface area contributed by atoms with E-state index in [1.165, 1.54) is 5.56 Å². The molecule has 1 aliphatic heterocycles. The molecule has 2 aromatic rings. The van der Waals surface area contributed by atoms with Gasteiger partial charge in [0.1, 0.15) is 11.6 Å². The Morgan fingerprint density at radius 3 is 2.62 bits per heavy atom. The van der Waals surface area contributed by atoms with Crippen LogP contribution in [0.25, 0.3) is 0 Å². The summed E-state index contributed by atoms with van der Waals surface area (Å²) in [6.07, 6.45) is 0.944. The van der Waals surface area contributed by atoms with E-state index in [1.807, 2.05) is 19.1 Å². The van der Waals surface area contributed by atoms with E-state index >= 15 is 0 Å². The Balaban J connectivity index is 2.23. The monoisotopic (exact) mass is 370 g/mol. The molecule has 0 fully saturated rings. The molecular weight excluding hydrogens is 348 g/mol. The van der Waals surface area contributed by atoms with Gasteiger partial charge in [-0.2, -0.15) is 0 Å². The summed E-state index contributed by atoms with van der Waals surface area (Å²) in [6, 6.07) is 8.16. The summed E-state index contributed by atoms with van der Waals surface area (Å²) in [5, 5.41) is 3.15. The number of nitrogens with zero attached hydrogens (tertiary/aromatic N) is 1. The number of rotatable bonds is 4. The van der Waals surface area contributed by atoms with Crippen molar-refractivity contribution in [3.8, 4) is 0 Å². The van der Waals surface area contributed by atoms with E-state index < -0.39 is 0 Å². The fourth-order valence-electron chi connectivity index (χ4n) is 3.25. The van der Waals surface area contributed by atoms with Gasteiger partial charge < -0.3 is 20.8 Å². The predicted octanol–water partition coefficient (Wildman–Crippen LogP) is 3.68. The Morgan fingerprint density at radius 1 is 1.31 bits per heavy atom. The van der Waals surface area contributed by atoms with E-state index in [1.54, 1.807) is 6.92 Å². The zero-order valence-corrected chi connectivity index (χ0v) is 15.9. The number of ether oxygens (including phenoxy) is 1. The van der Waals surface area contributed by atoms with Crippen LogP contribution in [0.15, 0.2) is 35.5 Å². The van der Waals surface area contributed by atoms with Crippen LogP contribution in [0.2, 0.25) is 0 Å². The molecule has 0 bridgehead atoms. The summed E-state index contributed by atoms with van der Waals surface area (Å²) < 4.78 is 5.59. The molecule has 0 saturated heterocycles. The van der Waals surface area contributed by atoms with Gasteiger partial charge in [0.05, 0.1) is 18.1 Å². The lowest BCUT2D eigenvalue weighted by molar-refractivity contribution is -0.138. The smallest absolute Gasteiger partial charge is 0.336 e. The molecule has 1 aromatic heterocycles. The van der Waals surface area contributed by atoms with Crippen molar-refractivity contribution >= 4 is 29.8 Å². The second-order valence-electron chi connectivity index (χ2n) is 6.13. The zero-order chi connectivity index (χ0) is 18.8. The molecule has 6 nitrogen and oxygen atoms in total. The van der Waals surface area contributed by atoms with Crippen molar-refractivity contribution in [1.82, 2.24) is 9.97 Å². The Hall–Kier alpha value is -2.67. The standard InChI is InChI=1S/C19H22N4O2S/c1-4-11-6-8-12(9-7-11)14-13(18(24)25-5-2)10(3)21-17-15(14)16(20)22-19(26)23-17/h6-9,14H,4-5H2,1-3H3,(H4,20,21,22,23,26). The molecule has 2 heterocycles. The van der Waals surface area contributed by atoms with Gasteiger partial charge >= 0.3 is 5.97 Å². The summed E-state index contributed by atoms with van der Waals surface area (Å²) >= 11 is 5.14. The second kappa shape index (κ2) is 7.29. The van der Waals surface area contributed by atoms with Crippen LogP contribution >= 0.6 is 12.2 Å². The summed E-state index contributed by atoms with van der Waals surface area (Å²) in [5.41, 5.74) is 10.3. The van der Waals surface area contributed by atoms with Crippen LogP contribution in [0.1, 0.15) is 43.4 Å². The number of anilines is 2. The zero-order valence-electron chi connectivity index (χ0n) is 15.1. The summed E-state index contributed by atoms with van der Waals surface area (Å²) in [6.45, 7) is 6.02. The molecule has 7 heteroatoms. The predicted molar refractivity (Wildman–Crippen MR) is 104 cm³/mol. The Bertz CT molecular complexity index is 932. The molecule has 26 heavy (non-hydrogen) atoms. The first-order valence-electron chi connectivity index (χ1n) is 8.59. The number of aromatic nitrogens is 2. The normalized spacial score (nSPS) is 16.0. The average Bonchev–Trinajstić information content (AvgIpc) is 2.60. The molecule has 1 atom stereocenters. The van der Waals surface area contributed by atoms with Crippen molar-refractivity contribution in [2.75, 3.05) is 17.7 Å². The summed E-state index contributed by atoms with van der Waals surface area (Å²) in [7, 11) is 0. The molecular formula is C19H22N4O2S. The first-order chi connectivity index (χ1) is 12.5. The molecule has 136 valence electrons. The second-order valence-corrected chi connectivity index (χ2v) is 6.52. The molecule has 0 saturated carbocycles. The summed E-state index contributed by atoms with van der Waals surface area (Å²) in [5.74, 6) is 0.220. The number of hydrogen-bond donors (Lipinski definition) is 3. The topological polar surface area (TPSA) is 93.0 Å². The number of H-pyrrole nitrogens is 1. The highest BCUT2D eigenvalue weighted by Gasteiger charge is 2.35. The van der Waals surface area contributed by atoms with Crippen LogP contribution in [0.5, 0.6) is 0 Å². The maximum atomic E-state index is 12.7. The van der Waals surface area contributed by atoms with Gasteiger partial charge in [-0.05, 0) is 43.6 Å². The van der Waals surface area contributed by atoms with E-state index in [2.05, 4.69) is 34.3 Å². The minimum Gasteiger partial charge on any atom is -0.463 e. The van der Waals surface area contributed by atoms with Crippen molar-refractivity contribution in [3.05, 3.63) is 57.0 Å². The lowest BCUT2D eigenvalue weighted by Gasteiger charge is -2.30. The van der Waals surface area contributed by atoms with Crippen molar-refractivity contribution in [2.45, 2.75) is 33.1 Å². The van der Waals surface area contributed by atoms with Crippen molar-refractivity contribution in [1.29, 1.82) is 0 Å². The van der Waals surface area contributed by atoms with Crippen molar-refractivity contribution in [3.63, 3.8) is 0 Å². The number of hydrogen-bond acceptors (Lipinski definition) is 6. The van der Waals surface area contributed by atoms with Crippen LogP contribution in [-0.2, 0) is 16.0 Å². The molecule has 0 amide bonds. The van der Waals surface area contributed by atoms with Gasteiger partial charge in [-0.15, -0.1) is 0 Å². The third-order valence-electron chi connectivity index (χ3n) is 4.50. The maximum absolute atomic E-state index is 12.7. The molecule has 3 rings (SSSR count). The van der Waals surface area contributed by atoms with Gasteiger partial charge in [-0.25, -0.2) is 9.78 Å². The van der Waals surface area contributed by atoms with Crippen LogP contribution in [0, 0.1) is 4.77 Å². The van der Waals surface area contributed by atoms with Crippen LogP contribution < -0.4 is 11.1 Å². The van der Waals surface area contributed by atoms with Gasteiger partial charge in [-0.3, -0.25) is 0 Å². The third-order valence-corrected chi connectivity index (χ3v) is 4.70. The third kappa shape index (κ3) is 3.22. The largest absolute Gasteiger partial charge is 0.463 e. The van der Waals surface area contributed by atoms with E-state index in [0.29, 0.717) is 39.8 Å². The Kier molecular flexibility index (Phi) is 5.08. The van der Waals surface area contributed by atoms with Crippen LogP contribution in [0.4, 0.5) is 11.6 Å². The molecule has 0 aliphatic carbocycles. The van der Waals surface area contributed by atoms with Gasteiger partial charge in [0.15, 0.2) is 4.77 Å². The average molecular weight is 370 g/mol. The number of aromatic amines is 1. The molecule has 1 aromatic carbocycles. The SMILES string of the molecule is CCOC(=O)C1=C(C)Nc2nc(=S)[nH]c(N)c2C1c1ccc(CC)cc1. The first-order valence-corrected chi connectivity index (χ1v) is 9.00. The molecule has 0 radical (unpaired) electrons. The maximum Gasteiger partial charge on any atom is 0.336 e.